The molecule has 7 heteroatoms. The Labute approximate surface area is 117 Å². The van der Waals surface area contributed by atoms with Gasteiger partial charge in [0.05, 0.1) is 11.5 Å². The lowest BCUT2D eigenvalue weighted by molar-refractivity contribution is -0.384. The molecule has 0 amide bonds. The van der Waals surface area contributed by atoms with Crippen LogP contribution in [0.3, 0.4) is 0 Å². The highest BCUT2D eigenvalue weighted by Gasteiger charge is 2.06. The van der Waals surface area contributed by atoms with Gasteiger partial charge in [-0.2, -0.15) is 0 Å². The first-order valence-corrected chi connectivity index (χ1v) is 5.73. The molecule has 0 saturated heterocycles. The molecule has 0 aliphatic heterocycles. The number of nitro benzene ring substituents is 1. The van der Waals surface area contributed by atoms with Crippen LogP contribution in [-0.4, -0.2) is 24.0 Å². The second-order valence-corrected chi connectivity index (χ2v) is 3.76. The fourth-order valence-corrected chi connectivity index (χ4v) is 1.30. The average Bonchev–Trinajstić information content (AvgIpc) is 2.37. The summed E-state index contributed by atoms with van der Waals surface area (Å²) in [4.78, 5) is 21.2. The van der Waals surface area contributed by atoms with Gasteiger partial charge in [0.1, 0.15) is 6.61 Å². The maximum Gasteiger partial charge on any atom is 0.320 e. The van der Waals surface area contributed by atoms with E-state index < -0.39 is 4.92 Å². The van der Waals surface area contributed by atoms with E-state index in [4.69, 9.17) is 4.74 Å². The number of carbonyl (C=O) groups excluding carboxylic acids is 1. The SMILES string of the molecule is CCCNCC(=O)OCc1ccc([N+](=O)[O-])cc1.Cl. The second kappa shape index (κ2) is 9.29. The van der Waals surface area contributed by atoms with Gasteiger partial charge in [-0.3, -0.25) is 14.9 Å². The summed E-state index contributed by atoms with van der Waals surface area (Å²) in [6, 6.07) is 5.92. The van der Waals surface area contributed by atoms with Crippen molar-refractivity contribution in [2.45, 2.75) is 20.0 Å². The molecule has 0 unspecified atom stereocenters. The summed E-state index contributed by atoms with van der Waals surface area (Å²) >= 11 is 0. The number of carbonyl (C=O) groups is 1. The van der Waals surface area contributed by atoms with Gasteiger partial charge in [-0.05, 0) is 30.7 Å². The predicted molar refractivity (Wildman–Crippen MR) is 73.3 cm³/mol. The van der Waals surface area contributed by atoms with Crippen LogP contribution >= 0.6 is 12.4 Å². The van der Waals surface area contributed by atoms with Crippen LogP contribution in [0.5, 0.6) is 0 Å². The predicted octanol–water partition coefficient (Wildman–Crippen LogP) is 2.06. The van der Waals surface area contributed by atoms with Crippen molar-refractivity contribution >= 4 is 24.1 Å². The lowest BCUT2D eigenvalue weighted by Gasteiger charge is -2.05. The molecule has 0 spiro atoms. The highest BCUT2D eigenvalue weighted by Crippen LogP contribution is 2.12. The van der Waals surface area contributed by atoms with E-state index in [1.807, 2.05) is 6.92 Å². The largest absolute Gasteiger partial charge is 0.460 e. The van der Waals surface area contributed by atoms with Crippen molar-refractivity contribution in [3.63, 3.8) is 0 Å². The van der Waals surface area contributed by atoms with Gasteiger partial charge < -0.3 is 10.1 Å². The van der Waals surface area contributed by atoms with Crippen molar-refractivity contribution < 1.29 is 14.5 Å². The highest BCUT2D eigenvalue weighted by molar-refractivity contribution is 5.85. The second-order valence-electron chi connectivity index (χ2n) is 3.76. The monoisotopic (exact) mass is 288 g/mol. The summed E-state index contributed by atoms with van der Waals surface area (Å²) in [6.07, 6.45) is 0.954. The first kappa shape index (κ1) is 17.3. The molecule has 0 atom stereocenters. The molecule has 0 aromatic heterocycles. The average molecular weight is 289 g/mol. The van der Waals surface area contributed by atoms with E-state index in [9.17, 15) is 14.9 Å². The molecule has 0 heterocycles. The first-order chi connectivity index (χ1) is 8.63. The Balaban J connectivity index is 0.00000324. The van der Waals surface area contributed by atoms with Crippen LogP contribution in [0.15, 0.2) is 24.3 Å². The summed E-state index contributed by atoms with van der Waals surface area (Å²) in [7, 11) is 0. The molecule has 6 nitrogen and oxygen atoms in total. The molecule has 1 aromatic carbocycles. The van der Waals surface area contributed by atoms with Crippen LogP contribution in [-0.2, 0) is 16.1 Å². The molecule has 0 bridgehead atoms. The molecule has 0 radical (unpaired) electrons. The number of halogens is 1. The molecular weight excluding hydrogens is 272 g/mol. The third-order valence-electron chi connectivity index (χ3n) is 2.24. The van der Waals surface area contributed by atoms with Crippen molar-refractivity contribution in [2.75, 3.05) is 13.1 Å². The number of hydrogen-bond donors (Lipinski definition) is 1. The zero-order valence-corrected chi connectivity index (χ0v) is 11.4. The van der Waals surface area contributed by atoms with Gasteiger partial charge in [0.25, 0.3) is 5.69 Å². The Bertz CT molecular complexity index is 409. The van der Waals surface area contributed by atoms with Crippen molar-refractivity contribution in [3.05, 3.63) is 39.9 Å². The van der Waals surface area contributed by atoms with Gasteiger partial charge in [0, 0.05) is 12.1 Å². The van der Waals surface area contributed by atoms with E-state index in [-0.39, 0.29) is 37.2 Å². The third kappa shape index (κ3) is 6.73. The molecule has 106 valence electrons. The molecule has 1 aromatic rings. The number of esters is 1. The number of rotatable bonds is 7. The molecule has 0 fully saturated rings. The lowest BCUT2D eigenvalue weighted by atomic mass is 10.2. The van der Waals surface area contributed by atoms with E-state index in [0.29, 0.717) is 0 Å². The number of nitrogens with zero attached hydrogens (tertiary/aromatic N) is 1. The van der Waals surface area contributed by atoms with Gasteiger partial charge in [-0.15, -0.1) is 12.4 Å². The van der Waals surface area contributed by atoms with Crippen LogP contribution < -0.4 is 5.32 Å². The summed E-state index contributed by atoms with van der Waals surface area (Å²) in [5.74, 6) is -0.332. The van der Waals surface area contributed by atoms with Gasteiger partial charge in [0.2, 0.25) is 0 Å². The van der Waals surface area contributed by atoms with E-state index in [1.54, 1.807) is 12.1 Å². The van der Waals surface area contributed by atoms with Gasteiger partial charge in [-0.25, -0.2) is 0 Å². The number of nitrogens with one attached hydrogen (secondary N) is 1. The normalized spacial score (nSPS) is 9.53. The van der Waals surface area contributed by atoms with Gasteiger partial charge in [0.15, 0.2) is 0 Å². The summed E-state index contributed by atoms with van der Waals surface area (Å²) in [5.41, 5.74) is 0.749. The van der Waals surface area contributed by atoms with Crippen LogP contribution in [0.1, 0.15) is 18.9 Å². The maximum absolute atomic E-state index is 11.3. The fraction of sp³-hybridized carbons (Fsp3) is 0.417. The molecule has 19 heavy (non-hydrogen) atoms. The minimum absolute atomic E-state index is 0. The minimum Gasteiger partial charge on any atom is -0.460 e. The smallest absolute Gasteiger partial charge is 0.320 e. The highest BCUT2D eigenvalue weighted by atomic mass is 35.5. The van der Waals surface area contributed by atoms with E-state index >= 15 is 0 Å². The Morgan fingerprint density at radius 2 is 2.00 bits per heavy atom. The number of non-ortho nitro benzene ring substituents is 1. The van der Waals surface area contributed by atoms with E-state index in [0.717, 1.165) is 18.5 Å². The number of ether oxygens (including phenoxy) is 1. The van der Waals surface area contributed by atoms with Crippen LogP contribution in [0.25, 0.3) is 0 Å². The Morgan fingerprint density at radius 1 is 1.37 bits per heavy atom. The molecule has 1 rings (SSSR count). The first-order valence-electron chi connectivity index (χ1n) is 5.73. The third-order valence-corrected chi connectivity index (χ3v) is 2.24. The van der Waals surface area contributed by atoms with Gasteiger partial charge >= 0.3 is 5.97 Å². The number of nitro groups is 1. The zero-order chi connectivity index (χ0) is 13.4. The maximum atomic E-state index is 11.3. The molecular formula is C12H17ClN2O4. The van der Waals surface area contributed by atoms with Crippen molar-refractivity contribution in [1.82, 2.24) is 5.32 Å². The van der Waals surface area contributed by atoms with Crippen molar-refractivity contribution in [3.8, 4) is 0 Å². The van der Waals surface area contributed by atoms with Crippen LogP contribution in [0.4, 0.5) is 5.69 Å². The lowest BCUT2D eigenvalue weighted by Crippen LogP contribution is -2.25. The Hall–Kier alpha value is -1.66. The Morgan fingerprint density at radius 3 is 2.53 bits per heavy atom. The number of hydrogen-bond acceptors (Lipinski definition) is 5. The van der Waals surface area contributed by atoms with Crippen LogP contribution in [0.2, 0.25) is 0 Å². The van der Waals surface area contributed by atoms with Gasteiger partial charge in [-0.1, -0.05) is 6.92 Å². The summed E-state index contributed by atoms with van der Waals surface area (Å²) in [5, 5.41) is 13.4. The van der Waals surface area contributed by atoms with E-state index in [2.05, 4.69) is 5.32 Å². The summed E-state index contributed by atoms with van der Waals surface area (Å²) < 4.78 is 5.00. The van der Waals surface area contributed by atoms with Crippen molar-refractivity contribution in [1.29, 1.82) is 0 Å². The quantitative estimate of drug-likeness (QED) is 0.359. The fourth-order valence-electron chi connectivity index (χ4n) is 1.30. The number of benzene rings is 1. The van der Waals surface area contributed by atoms with Crippen LogP contribution in [0, 0.1) is 10.1 Å². The zero-order valence-electron chi connectivity index (χ0n) is 10.6. The molecule has 0 aliphatic rings. The minimum atomic E-state index is -0.468. The molecule has 0 aliphatic carbocycles. The van der Waals surface area contributed by atoms with Crippen molar-refractivity contribution in [2.24, 2.45) is 0 Å². The topological polar surface area (TPSA) is 81.5 Å². The Kier molecular flexibility index (Phi) is 8.48. The summed E-state index contributed by atoms with van der Waals surface area (Å²) in [6.45, 7) is 3.09. The van der Waals surface area contributed by atoms with E-state index in [1.165, 1.54) is 12.1 Å². The standard InChI is InChI=1S/C12H16N2O4.ClH/c1-2-7-13-8-12(15)18-9-10-3-5-11(6-4-10)14(16)17;/h3-6,13H,2,7-9H2,1H3;1H. The molecule has 1 N–H and O–H groups in total. The molecule has 0 saturated carbocycles.